The SMILES string of the molecule is COCCNC(=O)CNC(=O)CCCc1c[nH]c2ccccc12. The van der Waals surface area contributed by atoms with E-state index in [2.05, 4.69) is 21.7 Å². The monoisotopic (exact) mass is 317 g/mol. The van der Waals surface area contributed by atoms with Crippen LogP contribution in [-0.4, -0.2) is 43.6 Å². The van der Waals surface area contributed by atoms with Crippen LogP contribution in [0.3, 0.4) is 0 Å². The number of hydrogen-bond acceptors (Lipinski definition) is 3. The van der Waals surface area contributed by atoms with E-state index in [9.17, 15) is 9.59 Å². The van der Waals surface area contributed by atoms with E-state index in [0.717, 1.165) is 18.4 Å². The molecule has 0 aliphatic carbocycles. The van der Waals surface area contributed by atoms with Gasteiger partial charge in [-0.05, 0) is 24.5 Å². The number of rotatable bonds is 9. The number of carbonyl (C=O) groups excluding carboxylic acids is 2. The number of ether oxygens (including phenoxy) is 1. The normalized spacial score (nSPS) is 10.7. The van der Waals surface area contributed by atoms with Crippen LogP contribution >= 0.6 is 0 Å². The fourth-order valence-electron chi connectivity index (χ4n) is 2.40. The molecule has 0 spiro atoms. The third kappa shape index (κ3) is 5.41. The van der Waals surface area contributed by atoms with Crippen LogP contribution in [0.1, 0.15) is 18.4 Å². The van der Waals surface area contributed by atoms with Gasteiger partial charge in [-0.25, -0.2) is 0 Å². The van der Waals surface area contributed by atoms with Crippen molar-refractivity contribution in [3.05, 3.63) is 36.0 Å². The second-order valence-corrected chi connectivity index (χ2v) is 5.33. The number of benzene rings is 1. The number of nitrogens with one attached hydrogen (secondary N) is 3. The number of carbonyl (C=O) groups is 2. The van der Waals surface area contributed by atoms with Gasteiger partial charge in [0, 0.05) is 37.2 Å². The van der Waals surface area contributed by atoms with Crippen LogP contribution in [0.5, 0.6) is 0 Å². The zero-order chi connectivity index (χ0) is 16.5. The fourth-order valence-corrected chi connectivity index (χ4v) is 2.40. The average Bonchev–Trinajstić information content (AvgIpc) is 2.97. The minimum atomic E-state index is -0.202. The number of para-hydroxylation sites is 1. The Bertz CT molecular complexity index is 651. The predicted octanol–water partition coefficient (Wildman–Crippen LogP) is 1.37. The van der Waals surface area contributed by atoms with Gasteiger partial charge in [0.05, 0.1) is 13.2 Å². The Kier molecular flexibility index (Phi) is 6.62. The lowest BCUT2D eigenvalue weighted by Gasteiger charge is -2.06. The largest absolute Gasteiger partial charge is 0.383 e. The highest BCUT2D eigenvalue weighted by atomic mass is 16.5. The molecule has 3 N–H and O–H groups in total. The molecule has 0 unspecified atom stereocenters. The van der Waals surface area contributed by atoms with Crippen LogP contribution in [0.25, 0.3) is 10.9 Å². The first kappa shape index (κ1) is 17.0. The van der Waals surface area contributed by atoms with E-state index in [1.807, 2.05) is 24.4 Å². The first-order chi connectivity index (χ1) is 11.2. The van der Waals surface area contributed by atoms with Gasteiger partial charge >= 0.3 is 0 Å². The van der Waals surface area contributed by atoms with Gasteiger partial charge in [-0.1, -0.05) is 18.2 Å². The summed E-state index contributed by atoms with van der Waals surface area (Å²) in [5.41, 5.74) is 2.32. The Morgan fingerprint density at radius 3 is 2.83 bits per heavy atom. The maximum atomic E-state index is 11.7. The van der Waals surface area contributed by atoms with E-state index in [0.29, 0.717) is 19.6 Å². The Balaban J connectivity index is 1.66. The van der Waals surface area contributed by atoms with Gasteiger partial charge in [-0.2, -0.15) is 0 Å². The standard InChI is InChI=1S/C17H23N3O3/c1-23-10-9-18-17(22)12-20-16(21)8-4-5-13-11-19-15-7-3-2-6-14(13)15/h2-3,6-7,11,19H,4-5,8-10,12H2,1H3,(H,18,22)(H,20,21). The van der Waals surface area contributed by atoms with Gasteiger partial charge in [-0.3, -0.25) is 9.59 Å². The quantitative estimate of drug-likeness (QED) is 0.611. The lowest BCUT2D eigenvalue weighted by molar-refractivity contribution is -0.126. The number of amides is 2. The van der Waals surface area contributed by atoms with Gasteiger partial charge in [0.15, 0.2) is 0 Å². The molecule has 124 valence electrons. The summed E-state index contributed by atoms with van der Waals surface area (Å²) in [6.07, 6.45) is 3.98. The minimum Gasteiger partial charge on any atom is -0.383 e. The molecule has 0 atom stereocenters. The number of H-pyrrole nitrogens is 1. The van der Waals surface area contributed by atoms with Crippen LogP contribution in [-0.2, 0) is 20.7 Å². The maximum absolute atomic E-state index is 11.7. The molecule has 6 heteroatoms. The summed E-state index contributed by atoms with van der Waals surface area (Å²) in [6, 6.07) is 8.11. The lowest BCUT2D eigenvalue weighted by Crippen LogP contribution is -2.38. The number of aryl methyl sites for hydroxylation is 1. The van der Waals surface area contributed by atoms with Crippen molar-refractivity contribution in [2.24, 2.45) is 0 Å². The van der Waals surface area contributed by atoms with Crippen LogP contribution in [0, 0.1) is 0 Å². The lowest BCUT2D eigenvalue weighted by atomic mass is 10.1. The van der Waals surface area contributed by atoms with Gasteiger partial charge < -0.3 is 20.4 Å². The van der Waals surface area contributed by atoms with Crippen molar-refractivity contribution >= 4 is 22.7 Å². The fraction of sp³-hybridized carbons (Fsp3) is 0.412. The van der Waals surface area contributed by atoms with Gasteiger partial charge in [0.1, 0.15) is 0 Å². The summed E-state index contributed by atoms with van der Waals surface area (Å²) >= 11 is 0. The Labute approximate surface area is 135 Å². The summed E-state index contributed by atoms with van der Waals surface area (Å²) in [6.45, 7) is 0.922. The summed E-state index contributed by atoms with van der Waals surface area (Å²) < 4.78 is 4.83. The molecule has 0 fully saturated rings. The van der Waals surface area contributed by atoms with E-state index >= 15 is 0 Å². The summed E-state index contributed by atoms with van der Waals surface area (Å²) in [5, 5.41) is 6.48. The molecular weight excluding hydrogens is 294 g/mol. The van der Waals surface area contributed by atoms with Crippen molar-refractivity contribution < 1.29 is 14.3 Å². The van der Waals surface area contributed by atoms with Crippen molar-refractivity contribution in [3.63, 3.8) is 0 Å². The van der Waals surface area contributed by atoms with Crippen molar-refractivity contribution in [2.45, 2.75) is 19.3 Å². The Morgan fingerprint density at radius 2 is 2.00 bits per heavy atom. The average molecular weight is 317 g/mol. The number of fused-ring (bicyclic) bond motifs is 1. The third-order valence-electron chi connectivity index (χ3n) is 3.60. The molecule has 2 aromatic rings. The van der Waals surface area contributed by atoms with Crippen LogP contribution < -0.4 is 10.6 Å². The topological polar surface area (TPSA) is 83.2 Å². The van der Waals surface area contributed by atoms with Crippen LogP contribution in [0.15, 0.2) is 30.5 Å². The number of methoxy groups -OCH3 is 1. The number of aromatic amines is 1. The zero-order valence-corrected chi connectivity index (χ0v) is 13.4. The van der Waals surface area contributed by atoms with E-state index in [1.54, 1.807) is 7.11 Å². The smallest absolute Gasteiger partial charge is 0.239 e. The third-order valence-corrected chi connectivity index (χ3v) is 3.60. The van der Waals surface area contributed by atoms with Gasteiger partial charge in [-0.15, -0.1) is 0 Å². The summed E-state index contributed by atoms with van der Waals surface area (Å²) in [4.78, 5) is 26.4. The summed E-state index contributed by atoms with van der Waals surface area (Å²) in [5.74, 6) is -0.307. The number of hydrogen-bond donors (Lipinski definition) is 3. The molecule has 6 nitrogen and oxygen atoms in total. The van der Waals surface area contributed by atoms with Crippen molar-refractivity contribution in [2.75, 3.05) is 26.8 Å². The van der Waals surface area contributed by atoms with E-state index in [4.69, 9.17) is 4.74 Å². The molecule has 2 amide bonds. The zero-order valence-electron chi connectivity index (χ0n) is 13.4. The minimum absolute atomic E-state index is 0.00956. The molecule has 1 aromatic carbocycles. The molecule has 1 aromatic heterocycles. The highest BCUT2D eigenvalue weighted by Gasteiger charge is 2.07. The molecule has 0 bridgehead atoms. The molecule has 2 rings (SSSR count). The van der Waals surface area contributed by atoms with Crippen LogP contribution in [0.2, 0.25) is 0 Å². The van der Waals surface area contributed by atoms with E-state index in [1.165, 1.54) is 10.9 Å². The van der Waals surface area contributed by atoms with Crippen LogP contribution in [0.4, 0.5) is 0 Å². The molecule has 0 aliphatic rings. The Hall–Kier alpha value is -2.34. The van der Waals surface area contributed by atoms with E-state index in [-0.39, 0.29) is 18.4 Å². The maximum Gasteiger partial charge on any atom is 0.239 e. The van der Waals surface area contributed by atoms with Crippen molar-refractivity contribution in [1.29, 1.82) is 0 Å². The molecule has 23 heavy (non-hydrogen) atoms. The first-order valence-corrected chi connectivity index (χ1v) is 7.78. The predicted molar refractivity (Wildman–Crippen MR) is 89.1 cm³/mol. The van der Waals surface area contributed by atoms with Crippen molar-refractivity contribution in [1.82, 2.24) is 15.6 Å². The first-order valence-electron chi connectivity index (χ1n) is 7.78. The molecule has 0 aliphatic heterocycles. The molecular formula is C17H23N3O3. The highest BCUT2D eigenvalue weighted by molar-refractivity contribution is 5.85. The molecule has 0 saturated heterocycles. The summed E-state index contributed by atoms with van der Waals surface area (Å²) in [7, 11) is 1.57. The van der Waals surface area contributed by atoms with Gasteiger partial charge in [0.2, 0.25) is 11.8 Å². The molecule has 0 radical (unpaired) electrons. The van der Waals surface area contributed by atoms with Gasteiger partial charge in [0.25, 0.3) is 0 Å². The van der Waals surface area contributed by atoms with Crippen molar-refractivity contribution in [3.8, 4) is 0 Å². The second-order valence-electron chi connectivity index (χ2n) is 5.33. The Morgan fingerprint density at radius 1 is 1.17 bits per heavy atom. The highest BCUT2D eigenvalue weighted by Crippen LogP contribution is 2.19. The number of aromatic nitrogens is 1. The second kappa shape index (κ2) is 8.95. The molecule has 0 saturated carbocycles. The molecule has 1 heterocycles. The van der Waals surface area contributed by atoms with E-state index < -0.39 is 0 Å².